The van der Waals surface area contributed by atoms with Gasteiger partial charge in [0.05, 0.1) is 0 Å². The number of rotatable bonds is 2. The lowest BCUT2D eigenvalue weighted by Crippen LogP contribution is -1.80. The van der Waals surface area contributed by atoms with Crippen molar-refractivity contribution >= 4 is 5.69 Å². The zero-order chi connectivity index (χ0) is 11.5. The van der Waals surface area contributed by atoms with Crippen molar-refractivity contribution < 1.29 is 0 Å². The molecular formula is C14H13NO. The minimum atomic E-state index is 0.512. The molecule has 16 heavy (non-hydrogen) atoms. The zero-order valence-electron chi connectivity index (χ0n) is 9.40. The third-order valence-corrected chi connectivity index (χ3v) is 2.69. The van der Waals surface area contributed by atoms with Crippen LogP contribution in [0.15, 0.2) is 47.6 Å². The molecule has 0 saturated carbocycles. The molecule has 2 nitrogen and oxygen atoms in total. The molecule has 0 aromatic heterocycles. The third-order valence-electron chi connectivity index (χ3n) is 2.69. The molecule has 0 fully saturated rings. The van der Waals surface area contributed by atoms with E-state index in [1.807, 2.05) is 25.1 Å². The molecule has 0 atom stereocenters. The summed E-state index contributed by atoms with van der Waals surface area (Å²) < 4.78 is 0. The van der Waals surface area contributed by atoms with Crippen molar-refractivity contribution in [3.8, 4) is 11.1 Å². The van der Waals surface area contributed by atoms with E-state index in [9.17, 15) is 4.91 Å². The van der Waals surface area contributed by atoms with Crippen LogP contribution in [-0.4, -0.2) is 0 Å². The molecule has 0 unspecified atom stereocenters. The van der Waals surface area contributed by atoms with Gasteiger partial charge < -0.3 is 0 Å². The van der Waals surface area contributed by atoms with Crippen LogP contribution in [0.2, 0.25) is 0 Å². The van der Waals surface area contributed by atoms with Crippen molar-refractivity contribution in [2.24, 2.45) is 5.18 Å². The van der Waals surface area contributed by atoms with Gasteiger partial charge in [0.1, 0.15) is 5.69 Å². The van der Waals surface area contributed by atoms with E-state index in [4.69, 9.17) is 0 Å². The SMILES string of the molecule is Cc1ccc(-c2ccc(C)c(N=O)c2)cc1. The van der Waals surface area contributed by atoms with E-state index in [1.54, 1.807) is 0 Å². The summed E-state index contributed by atoms with van der Waals surface area (Å²) in [6.07, 6.45) is 0. The van der Waals surface area contributed by atoms with Gasteiger partial charge in [-0.25, -0.2) is 0 Å². The maximum absolute atomic E-state index is 10.6. The Balaban J connectivity index is 2.48. The fourth-order valence-corrected chi connectivity index (χ4v) is 1.63. The monoisotopic (exact) mass is 211 g/mol. The molecule has 0 spiro atoms. The van der Waals surface area contributed by atoms with Crippen LogP contribution in [0.25, 0.3) is 11.1 Å². The van der Waals surface area contributed by atoms with Gasteiger partial charge in [0.15, 0.2) is 0 Å². The molecule has 0 radical (unpaired) electrons. The molecule has 2 rings (SSSR count). The smallest absolute Gasteiger partial charge is 0.111 e. The molecule has 0 bridgehead atoms. The number of hydrogen-bond acceptors (Lipinski definition) is 2. The first-order valence-electron chi connectivity index (χ1n) is 5.22. The Morgan fingerprint density at radius 2 is 1.50 bits per heavy atom. The van der Waals surface area contributed by atoms with Crippen molar-refractivity contribution in [2.75, 3.05) is 0 Å². The summed E-state index contributed by atoms with van der Waals surface area (Å²) in [6, 6.07) is 14.0. The average molecular weight is 211 g/mol. The van der Waals surface area contributed by atoms with Gasteiger partial charge in [0.2, 0.25) is 0 Å². The first-order valence-corrected chi connectivity index (χ1v) is 5.22. The first-order chi connectivity index (χ1) is 7.70. The van der Waals surface area contributed by atoms with Crippen LogP contribution in [-0.2, 0) is 0 Å². The van der Waals surface area contributed by atoms with Crippen LogP contribution in [0.5, 0.6) is 0 Å². The number of nitroso groups, excluding NO2 is 1. The molecule has 0 saturated heterocycles. The second kappa shape index (κ2) is 4.27. The summed E-state index contributed by atoms with van der Waals surface area (Å²) in [5.74, 6) is 0. The van der Waals surface area contributed by atoms with Crippen LogP contribution in [0.3, 0.4) is 0 Å². The second-order valence-electron chi connectivity index (χ2n) is 3.96. The number of hydrogen-bond donors (Lipinski definition) is 0. The van der Waals surface area contributed by atoms with Gasteiger partial charge in [-0.15, -0.1) is 4.91 Å². The van der Waals surface area contributed by atoms with Gasteiger partial charge in [0.25, 0.3) is 0 Å². The van der Waals surface area contributed by atoms with Gasteiger partial charge in [-0.1, -0.05) is 42.0 Å². The van der Waals surface area contributed by atoms with Crippen LogP contribution in [0.4, 0.5) is 5.69 Å². The van der Waals surface area contributed by atoms with E-state index in [-0.39, 0.29) is 0 Å². The summed E-state index contributed by atoms with van der Waals surface area (Å²) in [5, 5.41) is 3.02. The fourth-order valence-electron chi connectivity index (χ4n) is 1.63. The summed E-state index contributed by atoms with van der Waals surface area (Å²) in [7, 11) is 0. The van der Waals surface area contributed by atoms with Crippen LogP contribution in [0, 0.1) is 18.8 Å². The van der Waals surface area contributed by atoms with Gasteiger partial charge in [-0.05, 0) is 41.8 Å². The summed E-state index contributed by atoms with van der Waals surface area (Å²) in [4.78, 5) is 10.6. The van der Waals surface area contributed by atoms with Crippen molar-refractivity contribution in [3.05, 3.63) is 58.5 Å². The highest BCUT2D eigenvalue weighted by molar-refractivity contribution is 5.68. The lowest BCUT2D eigenvalue weighted by atomic mass is 10.0. The molecule has 0 heterocycles. The molecule has 0 aliphatic carbocycles. The summed E-state index contributed by atoms with van der Waals surface area (Å²) in [5.41, 5.74) is 4.78. The topological polar surface area (TPSA) is 29.4 Å². The Labute approximate surface area is 94.9 Å². The van der Waals surface area contributed by atoms with Gasteiger partial charge in [-0.2, -0.15) is 0 Å². The van der Waals surface area contributed by atoms with Crippen LogP contribution in [0.1, 0.15) is 11.1 Å². The van der Waals surface area contributed by atoms with Crippen molar-refractivity contribution in [1.82, 2.24) is 0 Å². The molecule has 2 heteroatoms. The number of nitrogens with zero attached hydrogens (tertiary/aromatic N) is 1. The van der Waals surface area contributed by atoms with E-state index >= 15 is 0 Å². The second-order valence-corrected chi connectivity index (χ2v) is 3.96. The Hall–Kier alpha value is -1.96. The Bertz CT molecular complexity index is 515. The maximum atomic E-state index is 10.6. The molecule has 0 aliphatic rings. The van der Waals surface area contributed by atoms with Crippen molar-refractivity contribution in [1.29, 1.82) is 0 Å². The molecule has 0 aliphatic heterocycles. The van der Waals surface area contributed by atoms with Crippen molar-refractivity contribution in [2.45, 2.75) is 13.8 Å². The third kappa shape index (κ3) is 2.01. The Morgan fingerprint density at radius 3 is 2.12 bits per heavy atom. The molecule has 2 aromatic rings. The standard InChI is InChI=1S/C14H13NO/c1-10-3-6-12(7-4-10)13-8-5-11(2)14(9-13)15-16/h3-9H,1-2H3. The van der Waals surface area contributed by atoms with E-state index in [2.05, 4.69) is 36.4 Å². The highest BCUT2D eigenvalue weighted by Gasteiger charge is 2.02. The van der Waals surface area contributed by atoms with Crippen molar-refractivity contribution in [3.63, 3.8) is 0 Å². The normalized spacial score (nSPS) is 10.1. The highest BCUT2D eigenvalue weighted by atomic mass is 16.3. The lowest BCUT2D eigenvalue weighted by molar-refractivity contribution is 1.38. The first kappa shape index (κ1) is 10.6. The van der Waals surface area contributed by atoms with E-state index in [1.165, 1.54) is 5.56 Å². The average Bonchev–Trinajstić information content (AvgIpc) is 2.31. The number of benzene rings is 2. The number of aryl methyl sites for hydroxylation is 2. The minimum Gasteiger partial charge on any atom is -0.145 e. The summed E-state index contributed by atoms with van der Waals surface area (Å²) in [6.45, 7) is 3.94. The van der Waals surface area contributed by atoms with Gasteiger partial charge in [0, 0.05) is 0 Å². The quantitative estimate of drug-likeness (QED) is 0.678. The highest BCUT2D eigenvalue weighted by Crippen LogP contribution is 2.27. The fraction of sp³-hybridized carbons (Fsp3) is 0.143. The lowest BCUT2D eigenvalue weighted by Gasteiger charge is -2.04. The van der Waals surface area contributed by atoms with E-state index in [0.717, 1.165) is 16.7 Å². The molecule has 2 aromatic carbocycles. The van der Waals surface area contributed by atoms with Gasteiger partial charge >= 0.3 is 0 Å². The Kier molecular flexibility index (Phi) is 2.82. The van der Waals surface area contributed by atoms with E-state index < -0.39 is 0 Å². The molecule has 0 amide bonds. The molecule has 80 valence electrons. The predicted molar refractivity (Wildman–Crippen MR) is 66.8 cm³/mol. The maximum Gasteiger partial charge on any atom is 0.111 e. The Morgan fingerprint density at radius 1 is 0.875 bits per heavy atom. The minimum absolute atomic E-state index is 0.512. The zero-order valence-corrected chi connectivity index (χ0v) is 9.40. The molecule has 0 N–H and O–H groups in total. The van der Waals surface area contributed by atoms with Crippen LogP contribution >= 0.6 is 0 Å². The molecular weight excluding hydrogens is 198 g/mol. The van der Waals surface area contributed by atoms with Crippen LogP contribution < -0.4 is 0 Å². The van der Waals surface area contributed by atoms with Gasteiger partial charge in [-0.3, -0.25) is 0 Å². The predicted octanol–water partition coefficient (Wildman–Crippen LogP) is 4.37. The largest absolute Gasteiger partial charge is 0.145 e. The summed E-state index contributed by atoms with van der Waals surface area (Å²) >= 11 is 0. The van der Waals surface area contributed by atoms with E-state index in [0.29, 0.717) is 5.69 Å².